The van der Waals surface area contributed by atoms with Gasteiger partial charge in [-0.2, -0.15) is 0 Å². The zero-order valence-corrected chi connectivity index (χ0v) is 47.7. The molecule has 8 aromatic rings. The quantitative estimate of drug-likeness (QED) is 0.0572. The highest BCUT2D eigenvalue weighted by atomic mass is 16.5. The van der Waals surface area contributed by atoms with E-state index < -0.39 is 0 Å². The van der Waals surface area contributed by atoms with Crippen molar-refractivity contribution in [3.05, 3.63) is 213 Å². The van der Waals surface area contributed by atoms with E-state index in [1.54, 1.807) is 53.2 Å². The number of hydrogen-bond acceptors (Lipinski definition) is 12. The molecule has 1 aliphatic rings. The zero-order valence-electron chi connectivity index (χ0n) is 47.7. The summed E-state index contributed by atoms with van der Waals surface area (Å²) in [5.41, 5.74) is 11.3. The molecule has 12 nitrogen and oxygen atoms in total. The summed E-state index contributed by atoms with van der Waals surface area (Å²) in [6, 6.07) is 41.2. The number of pyridine rings is 4. The Morgan fingerprint density at radius 2 is 0.500 bits per heavy atom. The molecule has 4 unspecified atom stereocenters. The molecule has 8 bridgehead atoms. The SMILES string of the molecule is CCCC1c2cc(c(OCc3ccccn3)cc2OC)C(CCC)c2cc(c(OCc3ccccn3)cc2OC)C(CCC)c2cc(c(OCc3ccccn3)cc2OC)C(CCC)c2cc1c(OCc1ccccn1)cc2OC. The van der Waals surface area contributed by atoms with Gasteiger partial charge in [-0.25, -0.2) is 0 Å². The Morgan fingerprint density at radius 1 is 0.287 bits per heavy atom. The van der Waals surface area contributed by atoms with Gasteiger partial charge in [0.25, 0.3) is 0 Å². The molecule has 0 fully saturated rings. The minimum absolute atomic E-state index is 0.223. The lowest BCUT2D eigenvalue weighted by atomic mass is 9.76. The second kappa shape index (κ2) is 27.7. The van der Waals surface area contributed by atoms with Gasteiger partial charge in [0.1, 0.15) is 72.4 Å². The Bertz CT molecular complexity index is 2820. The van der Waals surface area contributed by atoms with Crippen molar-refractivity contribution in [3.63, 3.8) is 0 Å². The molecular weight excluding hydrogens is 1000 g/mol. The van der Waals surface area contributed by atoms with Gasteiger partial charge in [0.15, 0.2) is 0 Å². The predicted octanol–water partition coefficient (Wildman–Crippen LogP) is 15.7. The average Bonchev–Trinajstić information content (AvgIpc) is 3.51. The summed E-state index contributed by atoms with van der Waals surface area (Å²) >= 11 is 0. The second-order valence-electron chi connectivity index (χ2n) is 20.3. The van der Waals surface area contributed by atoms with Crippen LogP contribution < -0.4 is 37.9 Å². The molecule has 9 rings (SSSR count). The van der Waals surface area contributed by atoms with Crippen LogP contribution in [-0.4, -0.2) is 48.4 Å². The number of ether oxygens (including phenoxy) is 8. The molecule has 4 aromatic carbocycles. The maximum Gasteiger partial charge on any atom is 0.130 e. The topological polar surface area (TPSA) is 125 Å². The highest BCUT2D eigenvalue weighted by Crippen LogP contribution is 2.53. The van der Waals surface area contributed by atoms with E-state index in [4.69, 9.17) is 37.9 Å². The van der Waals surface area contributed by atoms with Crippen LogP contribution >= 0.6 is 0 Å². The first-order chi connectivity index (χ1) is 39.3. The van der Waals surface area contributed by atoms with Crippen molar-refractivity contribution in [3.8, 4) is 46.0 Å². The van der Waals surface area contributed by atoms with Gasteiger partial charge >= 0.3 is 0 Å². The van der Waals surface area contributed by atoms with E-state index in [1.807, 2.05) is 72.8 Å². The molecule has 4 aromatic heterocycles. The Kier molecular flexibility index (Phi) is 19.6. The van der Waals surface area contributed by atoms with Crippen LogP contribution in [0.5, 0.6) is 46.0 Å². The van der Waals surface area contributed by atoms with Crippen LogP contribution in [0.15, 0.2) is 146 Å². The van der Waals surface area contributed by atoms with Gasteiger partial charge in [-0.1, -0.05) is 77.6 Å². The first-order valence-corrected chi connectivity index (χ1v) is 28.3. The van der Waals surface area contributed by atoms with Crippen molar-refractivity contribution in [2.75, 3.05) is 28.4 Å². The summed E-state index contributed by atoms with van der Waals surface area (Å²) in [7, 11) is 6.98. The Balaban J connectivity index is 1.40. The monoisotopic (exact) mass is 1080 g/mol. The van der Waals surface area contributed by atoms with E-state index in [2.05, 4.69) is 96.2 Å². The molecule has 80 heavy (non-hydrogen) atoms. The third kappa shape index (κ3) is 13.0. The fourth-order valence-corrected chi connectivity index (χ4v) is 11.4. The first-order valence-electron chi connectivity index (χ1n) is 28.3. The van der Waals surface area contributed by atoms with E-state index >= 15 is 0 Å². The molecule has 0 spiro atoms. The second-order valence-corrected chi connectivity index (χ2v) is 20.3. The Labute approximate surface area is 472 Å². The fourth-order valence-electron chi connectivity index (χ4n) is 11.4. The van der Waals surface area contributed by atoms with Crippen LogP contribution in [0, 0.1) is 0 Å². The van der Waals surface area contributed by atoms with E-state index in [0.29, 0.717) is 46.0 Å². The van der Waals surface area contributed by atoms with Crippen LogP contribution in [-0.2, 0) is 26.4 Å². The molecular formula is C68H76N4O8. The molecule has 0 amide bonds. The number of benzene rings is 4. The van der Waals surface area contributed by atoms with Crippen molar-refractivity contribution in [2.45, 2.75) is 129 Å². The standard InChI is InChI=1S/C68H76N4O8/c1-9-21-49-53-33-58(66(37-61(53)73-5)78-42-46-26-14-18-30-70-46)51(23-11-3)55-35-60(68(39-63(55)75-7)80-44-48-28-16-20-32-72-48)52(24-12-4)56-36-59(67(40-64(56)76-8)79-43-47-27-15-19-31-71-47)50(22-10-2)54-34-57(49)65(38-62(54)74-6)77-41-45-25-13-17-29-69-45/h13-20,25-40,49-52H,9-12,21-24,41-44H2,1-8H3. The number of nitrogens with zero attached hydrogens (tertiary/aromatic N) is 4. The highest BCUT2D eigenvalue weighted by molar-refractivity contribution is 5.63. The van der Waals surface area contributed by atoms with Gasteiger partial charge in [0.05, 0.1) is 51.2 Å². The summed E-state index contributed by atoms with van der Waals surface area (Å²) in [4.78, 5) is 18.7. The minimum Gasteiger partial charge on any atom is -0.496 e. The summed E-state index contributed by atoms with van der Waals surface area (Å²) in [6.45, 7) is 9.95. The third-order valence-electron chi connectivity index (χ3n) is 15.2. The largest absolute Gasteiger partial charge is 0.496 e. The first kappa shape index (κ1) is 56.6. The summed E-state index contributed by atoms with van der Waals surface area (Å²) in [5.74, 6) is 4.74. The zero-order chi connectivity index (χ0) is 55.8. The number of aromatic nitrogens is 4. The lowest BCUT2D eigenvalue weighted by Crippen LogP contribution is -2.15. The van der Waals surface area contributed by atoms with Crippen LogP contribution in [0.4, 0.5) is 0 Å². The number of hydrogen-bond donors (Lipinski definition) is 0. The van der Waals surface area contributed by atoms with E-state index in [-0.39, 0.29) is 50.1 Å². The Hall–Kier alpha value is -8.12. The summed E-state index contributed by atoms with van der Waals surface area (Å²) < 4.78 is 54.1. The summed E-state index contributed by atoms with van der Waals surface area (Å²) in [5, 5.41) is 0. The van der Waals surface area contributed by atoms with Crippen LogP contribution in [0.1, 0.15) is 170 Å². The molecule has 0 N–H and O–H groups in total. The molecule has 0 saturated heterocycles. The van der Waals surface area contributed by atoms with Gasteiger partial charge in [0, 0.05) is 117 Å². The van der Waals surface area contributed by atoms with Crippen molar-refractivity contribution < 1.29 is 37.9 Å². The Morgan fingerprint density at radius 3 is 0.675 bits per heavy atom. The molecule has 0 radical (unpaired) electrons. The van der Waals surface area contributed by atoms with Crippen LogP contribution in [0.3, 0.4) is 0 Å². The fraction of sp³-hybridized carbons (Fsp3) is 0.353. The maximum absolute atomic E-state index is 6.99. The van der Waals surface area contributed by atoms with Crippen molar-refractivity contribution >= 4 is 0 Å². The smallest absolute Gasteiger partial charge is 0.130 e. The van der Waals surface area contributed by atoms with Gasteiger partial charge in [0.2, 0.25) is 0 Å². The van der Waals surface area contributed by atoms with E-state index in [9.17, 15) is 0 Å². The molecule has 0 aliphatic heterocycles. The molecule has 416 valence electrons. The van der Waals surface area contributed by atoms with Crippen molar-refractivity contribution in [1.29, 1.82) is 0 Å². The number of rotatable bonds is 24. The third-order valence-corrected chi connectivity index (χ3v) is 15.2. The molecule has 4 heterocycles. The van der Waals surface area contributed by atoms with E-state index in [0.717, 1.165) is 119 Å². The molecule has 12 heteroatoms. The average molecular weight is 1080 g/mol. The van der Waals surface area contributed by atoms with E-state index in [1.165, 1.54) is 0 Å². The minimum atomic E-state index is -0.223. The normalized spacial score (nSPS) is 15.6. The lowest BCUT2D eigenvalue weighted by molar-refractivity contribution is 0.290. The van der Waals surface area contributed by atoms with Crippen LogP contribution in [0.25, 0.3) is 0 Å². The van der Waals surface area contributed by atoms with Gasteiger partial charge in [-0.15, -0.1) is 0 Å². The maximum atomic E-state index is 6.99. The van der Waals surface area contributed by atoms with Crippen molar-refractivity contribution in [2.24, 2.45) is 0 Å². The van der Waals surface area contributed by atoms with Crippen molar-refractivity contribution in [1.82, 2.24) is 19.9 Å². The van der Waals surface area contributed by atoms with Gasteiger partial charge < -0.3 is 37.9 Å². The number of methoxy groups -OCH3 is 4. The van der Waals surface area contributed by atoms with Crippen LogP contribution in [0.2, 0.25) is 0 Å². The summed E-state index contributed by atoms with van der Waals surface area (Å²) in [6.07, 6.45) is 13.7. The lowest BCUT2D eigenvalue weighted by Gasteiger charge is -2.32. The molecule has 0 saturated carbocycles. The van der Waals surface area contributed by atoms with Gasteiger partial charge in [-0.3, -0.25) is 19.9 Å². The predicted molar refractivity (Wildman–Crippen MR) is 313 cm³/mol. The number of fused-ring (bicyclic) bond motifs is 8. The molecule has 4 atom stereocenters. The van der Waals surface area contributed by atoms with Gasteiger partial charge in [-0.05, 0) is 98.5 Å². The highest BCUT2D eigenvalue weighted by Gasteiger charge is 2.35. The molecule has 1 aliphatic carbocycles.